The summed E-state index contributed by atoms with van der Waals surface area (Å²) in [7, 11) is 0. The zero-order valence-corrected chi connectivity index (χ0v) is 13.3. The van der Waals surface area contributed by atoms with E-state index in [1.54, 1.807) is 11.8 Å². The Morgan fingerprint density at radius 1 is 1.30 bits per heavy atom. The van der Waals surface area contributed by atoms with Crippen LogP contribution in [-0.4, -0.2) is 40.7 Å². The number of rotatable bonds is 6. The van der Waals surface area contributed by atoms with Crippen LogP contribution in [0.25, 0.3) is 0 Å². The van der Waals surface area contributed by atoms with Crippen LogP contribution in [0.3, 0.4) is 0 Å². The van der Waals surface area contributed by atoms with Gasteiger partial charge in [-0.15, -0.1) is 0 Å². The molecule has 0 radical (unpaired) electrons. The number of carbonyl (C=O) groups excluding carboxylic acids is 1. The van der Waals surface area contributed by atoms with E-state index in [1.165, 1.54) is 6.42 Å². The molecule has 1 saturated carbocycles. The third-order valence-corrected chi connectivity index (χ3v) is 4.80. The second-order valence-corrected chi connectivity index (χ2v) is 6.88. The first-order chi connectivity index (χ1) is 9.43. The maximum atomic E-state index is 12.0. The van der Waals surface area contributed by atoms with Crippen LogP contribution >= 0.6 is 11.8 Å². The highest BCUT2D eigenvalue weighted by molar-refractivity contribution is 7.99. The van der Waals surface area contributed by atoms with Crippen molar-refractivity contribution in [3.8, 4) is 0 Å². The lowest BCUT2D eigenvalue weighted by atomic mass is 9.95. The molecule has 1 fully saturated rings. The van der Waals surface area contributed by atoms with Crippen molar-refractivity contribution in [3.05, 3.63) is 0 Å². The molecule has 0 aromatic rings. The van der Waals surface area contributed by atoms with Gasteiger partial charge in [-0.2, -0.15) is 11.8 Å². The van der Waals surface area contributed by atoms with Crippen molar-refractivity contribution in [2.24, 2.45) is 5.92 Å². The Bertz CT molecular complexity index is 336. The van der Waals surface area contributed by atoms with E-state index in [0.29, 0.717) is 11.7 Å². The highest BCUT2D eigenvalue weighted by Crippen LogP contribution is 2.27. The quantitative estimate of drug-likeness (QED) is 0.704. The van der Waals surface area contributed by atoms with Gasteiger partial charge >= 0.3 is 12.0 Å². The molecule has 0 aliphatic heterocycles. The fraction of sp³-hybridized carbons (Fsp3) is 0.857. The number of thioether (sulfide) groups is 1. The van der Waals surface area contributed by atoms with Crippen LogP contribution in [-0.2, 0) is 4.79 Å². The number of amides is 2. The smallest absolute Gasteiger partial charge is 0.326 e. The van der Waals surface area contributed by atoms with E-state index in [2.05, 4.69) is 16.9 Å². The normalized spacial score (nSPS) is 24.2. The highest BCUT2D eigenvalue weighted by Gasteiger charge is 2.27. The zero-order chi connectivity index (χ0) is 15.1. The van der Waals surface area contributed by atoms with Gasteiger partial charge in [0.1, 0.15) is 6.04 Å². The first kappa shape index (κ1) is 17.1. The minimum absolute atomic E-state index is 0.146. The third kappa shape index (κ3) is 5.61. The third-order valence-electron chi connectivity index (χ3n) is 3.63. The maximum absolute atomic E-state index is 12.0. The average Bonchev–Trinajstić information content (AvgIpc) is 2.37. The number of hydrogen-bond acceptors (Lipinski definition) is 3. The Kier molecular flexibility index (Phi) is 7.19. The summed E-state index contributed by atoms with van der Waals surface area (Å²) in [5.41, 5.74) is 0. The lowest BCUT2D eigenvalue weighted by Crippen LogP contribution is -2.52. The van der Waals surface area contributed by atoms with Gasteiger partial charge in [0.05, 0.1) is 0 Å². The summed E-state index contributed by atoms with van der Waals surface area (Å²) in [4.78, 5) is 23.1. The summed E-state index contributed by atoms with van der Waals surface area (Å²) in [5, 5.41) is 15.1. The Hall–Kier alpha value is -0.910. The number of urea groups is 1. The van der Waals surface area contributed by atoms with Crippen LogP contribution in [0.2, 0.25) is 0 Å². The maximum Gasteiger partial charge on any atom is 0.326 e. The van der Waals surface area contributed by atoms with Gasteiger partial charge in [0.25, 0.3) is 0 Å². The second-order valence-electron chi connectivity index (χ2n) is 5.80. The van der Waals surface area contributed by atoms with Crippen molar-refractivity contribution in [2.75, 3.05) is 6.26 Å². The van der Waals surface area contributed by atoms with Crippen LogP contribution in [0.5, 0.6) is 0 Å². The first-order valence-corrected chi connectivity index (χ1v) is 8.55. The number of carboxylic acid groups (broad SMARTS) is 1. The predicted octanol–water partition coefficient (Wildman–Crippen LogP) is 2.46. The summed E-state index contributed by atoms with van der Waals surface area (Å²) in [5.74, 6) is -0.746. The molecule has 3 N–H and O–H groups in total. The minimum atomic E-state index is -0.973. The van der Waals surface area contributed by atoms with E-state index in [4.69, 9.17) is 5.11 Å². The molecule has 3 unspecified atom stereocenters. The molecule has 0 saturated heterocycles. The van der Waals surface area contributed by atoms with Crippen molar-refractivity contribution in [2.45, 2.75) is 63.3 Å². The molecule has 0 heterocycles. The van der Waals surface area contributed by atoms with E-state index in [0.717, 1.165) is 19.3 Å². The van der Waals surface area contributed by atoms with Gasteiger partial charge in [-0.05, 0) is 31.4 Å². The molecule has 1 rings (SSSR count). The summed E-state index contributed by atoms with van der Waals surface area (Å²) in [6.45, 7) is 3.89. The van der Waals surface area contributed by atoms with E-state index in [9.17, 15) is 9.59 Å². The summed E-state index contributed by atoms with van der Waals surface area (Å²) < 4.78 is 0. The number of hydrogen-bond donors (Lipinski definition) is 3. The van der Waals surface area contributed by atoms with Crippen molar-refractivity contribution in [1.82, 2.24) is 10.6 Å². The zero-order valence-electron chi connectivity index (χ0n) is 12.5. The van der Waals surface area contributed by atoms with Gasteiger partial charge in [-0.25, -0.2) is 9.59 Å². The molecule has 5 nitrogen and oxygen atoms in total. The minimum Gasteiger partial charge on any atom is -0.480 e. The first-order valence-electron chi connectivity index (χ1n) is 7.26. The lowest BCUT2D eigenvalue weighted by Gasteiger charge is -2.31. The molecule has 0 aromatic heterocycles. The molecule has 0 aromatic carbocycles. The molecule has 6 heteroatoms. The van der Waals surface area contributed by atoms with E-state index in [-0.39, 0.29) is 18.0 Å². The van der Waals surface area contributed by atoms with Crippen LogP contribution in [0.15, 0.2) is 0 Å². The summed E-state index contributed by atoms with van der Waals surface area (Å²) >= 11 is 1.77. The molecule has 3 atom stereocenters. The van der Waals surface area contributed by atoms with Crippen molar-refractivity contribution >= 4 is 23.8 Å². The molecule has 0 spiro atoms. The van der Waals surface area contributed by atoms with E-state index >= 15 is 0 Å². The van der Waals surface area contributed by atoms with E-state index in [1.807, 2.05) is 13.8 Å². The monoisotopic (exact) mass is 302 g/mol. The van der Waals surface area contributed by atoms with E-state index < -0.39 is 12.0 Å². The Balaban J connectivity index is 2.49. The number of carbonyl (C=O) groups is 2. The Morgan fingerprint density at radius 2 is 1.95 bits per heavy atom. The van der Waals surface area contributed by atoms with Gasteiger partial charge in [0.15, 0.2) is 0 Å². The van der Waals surface area contributed by atoms with Crippen LogP contribution in [0, 0.1) is 5.92 Å². The van der Waals surface area contributed by atoms with Crippen LogP contribution in [0.1, 0.15) is 46.0 Å². The molecule has 1 aliphatic carbocycles. The highest BCUT2D eigenvalue weighted by atomic mass is 32.2. The number of aliphatic carboxylic acids is 1. The van der Waals surface area contributed by atoms with Crippen molar-refractivity contribution < 1.29 is 14.7 Å². The summed E-state index contributed by atoms with van der Waals surface area (Å²) in [6.07, 6.45) is 6.91. The fourth-order valence-electron chi connectivity index (χ4n) is 2.61. The van der Waals surface area contributed by atoms with Gasteiger partial charge in [0.2, 0.25) is 0 Å². The topological polar surface area (TPSA) is 78.4 Å². The second kappa shape index (κ2) is 8.39. The van der Waals surface area contributed by atoms with Crippen molar-refractivity contribution in [1.29, 1.82) is 0 Å². The Morgan fingerprint density at radius 3 is 2.50 bits per heavy atom. The lowest BCUT2D eigenvalue weighted by molar-refractivity contribution is -0.139. The van der Waals surface area contributed by atoms with Crippen LogP contribution < -0.4 is 10.6 Å². The Labute approximate surface area is 125 Å². The molecule has 2 amide bonds. The van der Waals surface area contributed by atoms with Gasteiger partial charge in [-0.1, -0.05) is 26.7 Å². The predicted molar refractivity (Wildman–Crippen MR) is 82.1 cm³/mol. The average molecular weight is 302 g/mol. The summed E-state index contributed by atoms with van der Waals surface area (Å²) in [6, 6.07) is -1.03. The fourth-order valence-corrected chi connectivity index (χ4v) is 3.54. The molecular formula is C14H26N2O3S. The SMILES string of the molecule is CSC1CCCCC1NC(=O)NC(CC(C)C)C(=O)O. The molecular weight excluding hydrogens is 276 g/mol. The van der Waals surface area contributed by atoms with Crippen molar-refractivity contribution in [3.63, 3.8) is 0 Å². The molecule has 0 bridgehead atoms. The molecule has 1 aliphatic rings. The standard InChI is InChI=1S/C14H26N2O3S/c1-9(2)8-11(13(17)18)16-14(19)15-10-6-4-5-7-12(10)20-3/h9-12H,4-8H2,1-3H3,(H,17,18)(H2,15,16,19). The van der Waals surface area contributed by atoms with Gasteiger partial charge in [0, 0.05) is 11.3 Å². The molecule has 116 valence electrons. The number of nitrogens with one attached hydrogen (secondary N) is 2. The number of carboxylic acids is 1. The van der Waals surface area contributed by atoms with Crippen LogP contribution in [0.4, 0.5) is 4.79 Å². The largest absolute Gasteiger partial charge is 0.480 e. The van der Waals surface area contributed by atoms with Gasteiger partial charge < -0.3 is 15.7 Å². The molecule has 20 heavy (non-hydrogen) atoms. The van der Waals surface area contributed by atoms with Gasteiger partial charge in [-0.3, -0.25) is 0 Å².